The molecule has 0 atom stereocenters. The Morgan fingerprint density at radius 2 is 1.88 bits per heavy atom. The van der Waals surface area contributed by atoms with Gasteiger partial charge in [-0.3, -0.25) is 4.79 Å². The Kier molecular flexibility index (Phi) is 3.76. The van der Waals surface area contributed by atoms with Crippen molar-refractivity contribution in [1.29, 1.82) is 0 Å². The zero-order valence-electron chi connectivity index (χ0n) is 10.4. The van der Waals surface area contributed by atoms with Crippen LogP contribution < -0.4 is 0 Å². The predicted octanol–water partition coefficient (Wildman–Crippen LogP) is 2.61. The summed E-state index contributed by atoms with van der Waals surface area (Å²) in [4.78, 5) is 21.6. The fourth-order valence-corrected chi connectivity index (χ4v) is 2.49. The zero-order valence-corrected chi connectivity index (χ0v) is 10.4. The molecule has 0 radical (unpaired) electrons. The number of rotatable bonds is 3. The Hall–Kier alpha value is -1.58. The van der Waals surface area contributed by atoms with E-state index in [1.165, 1.54) is 0 Å². The molecule has 2 N–H and O–H groups in total. The van der Waals surface area contributed by atoms with Crippen molar-refractivity contribution >= 4 is 11.9 Å². The van der Waals surface area contributed by atoms with Gasteiger partial charge in [0.25, 0.3) is 0 Å². The molecule has 0 aromatic carbocycles. The Labute approximate surface area is 101 Å². The number of carboxylic acids is 2. The van der Waals surface area contributed by atoms with E-state index in [9.17, 15) is 9.59 Å². The van der Waals surface area contributed by atoms with Crippen LogP contribution in [-0.2, 0) is 9.59 Å². The van der Waals surface area contributed by atoms with E-state index in [1.807, 2.05) is 6.92 Å². The molecular formula is C13H18O4. The molecule has 17 heavy (non-hydrogen) atoms. The maximum atomic E-state index is 10.8. The number of carboxylic acid groups (broad SMARTS) is 2. The van der Waals surface area contributed by atoms with Gasteiger partial charge in [-0.2, -0.15) is 0 Å². The van der Waals surface area contributed by atoms with E-state index >= 15 is 0 Å². The summed E-state index contributed by atoms with van der Waals surface area (Å²) in [5.74, 6) is -1.94. The van der Waals surface area contributed by atoms with Crippen molar-refractivity contribution in [2.75, 3.05) is 0 Å². The first kappa shape index (κ1) is 13.5. The van der Waals surface area contributed by atoms with Crippen molar-refractivity contribution in [3.05, 3.63) is 22.8 Å². The normalized spacial score (nSPS) is 21.7. The van der Waals surface area contributed by atoms with Crippen LogP contribution in [0.3, 0.4) is 0 Å². The van der Waals surface area contributed by atoms with Gasteiger partial charge in [0.05, 0.1) is 6.42 Å². The molecule has 4 nitrogen and oxygen atoms in total. The lowest BCUT2D eigenvalue weighted by Gasteiger charge is -2.33. The largest absolute Gasteiger partial charge is 0.481 e. The summed E-state index contributed by atoms with van der Waals surface area (Å²) in [6, 6.07) is 0. The van der Waals surface area contributed by atoms with Crippen molar-refractivity contribution in [3.8, 4) is 0 Å². The van der Waals surface area contributed by atoms with Crippen LogP contribution in [0.1, 0.15) is 40.0 Å². The minimum Gasteiger partial charge on any atom is -0.481 e. The first-order valence-corrected chi connectivity index (χ1v) is 5.55. The minimum atomic E-state index is -1.02. The van der Waals surface area contributed by atoms with E-state index in [2.05, 4.69) is 13.8 Å². The molecule has 0 spiro atoms. The molecule has 1 aliphatic rings. The Morgan fingerprint density at radius 1 is 1.29 bits per heavy atom. The van der Waals surface area contributed by atoms with E-state index in [1.54, 1.807) is 0 Å². The minimum absolute atomic E-state index is 0.00658. The van der Waals surface area contributed by atoms with Crippen molar-refractivity contribution in [1.82, 2.24) is 0 Å². The summed E-state index contributed by atoms with van der Waals surface area (Å²) in [5, 5.41) is 17.7. The summed E-state index contributed by atoms with van der Waals surface area (Å²) < 4.78 is 0. The van der Waals surface area contributed by atoms with E-state index in [0.717, 1.165) is 18.1 Å². The van der Waals surface area contributed by atoms with E-state index in [0.29, 0.717) is 17.6 Å². The highest BCUT2D eigenvalue weighted by Crippen LogP contribution is 2.42. The molecule has 94 valence electrons. The van der Waals surface area contributed by atoms with Crippen LogP contribution >= 0.6 is 0 Å². The number of aliphatic carboxylic acids is 2. The average molecular weight is 238 g/mol. The van der Waals surface area contributed by atoms with Gasteiger partial charge in [-0.15, -0.1) is 0 Å². The quantitative estimate of drug-likeness (QED) is 0.741. The van der Waals surface area contributed by atoms with Crippen molar-refractivity contribution in [2.24, 2.45) is 5.41 Å². The Balaban J connectivity index is 3.17. The van der Waals surface area contributed by atoms with Crippen molar-refractivity contribution < 1.29 is 19.8 Å². The summed E-state index contributed by atoms with van der Waals surface area (Å²) in [7, 11) is 0. The number of hydrogen-bond acceptors (Lipinski definition) is 2. The first-order chi connectivity index (χ1) is 7.71. The molecule has 0 aromatic heterocycles. The van der Waals surface area contributed by atoms with Gasteiger partial charge in [-0.25, -0.2) is 4.79 Å². The van der Waals surface area contributed by atoms with Gasteiger partial charge >= 0.3 is 11.9 Å². The number of allylic oxidation sites excluding steroid dienone is 2. The molecule has 0 aromatic rings. The highest BCUT2D eigenvalue weighted by molar-refractivity contribution is 5.83. The lowest BCUT2D eigenvalue weighted by atomic mass is 9.71. The molecule has 0 amide bonds. The van der Waals surface area contributed by atoms with Gasteiger partial charge in [0.1, 0.15) is 0 Å². The third-order valence-corrected chi connectivity index (χ3v) is 2.94. The molecule has 0 saturated heterocycles. The van der Waals surface area contributed by atoms with Crippen LogP contribution in [0.5, 0.6) is 0 Å². The predicted molar refractivity (Wildman–Crippen MR) is 63.7 cm³/mol. The summed E-state index contributed by atoms with van der Waals surface area (Å²) in [6.07, 6.45) is 2.47. The molecule has 0 fully saturated rings. The molecule has 0 saturated carbocycles. The second-order valence-corrected chi connectivity index (χ2v) is 5.35. The van der Waals surface area contributed by atoms with Crippen molar-refractivity contribution in [3.63, 3.8) is 0 Å². The maximum absolute atomic E-state index is 10.8. The van der Waals surface area contributed by atoms with Crippen LogP contribution in [0.4, 0.5) is 0 Å². The molecular weight excluding hydrogens is 220 g/mol. The zero-order chi connectivity index (χ0) is 13.2. The van der Waals surface area contributed by atoms with E-state index < -0.39 is 11.9 Å². The lowest BCUT2D eigenvalue weighted by molar-refractivity contribution is -0.136. The molecule has 4 heteroatoms. The molecule has 1 rings (SSSR count). The van der Waals surface area contributed by atoms with Crippen LogP contribution in [0.2, 0.25) is 0 Å². The smallest absolute Gasteiger partial charge is 0.328 e. The molecule has 0 bridgehead atoms. The Bertz CT molecular complexity index is 413. The van der Waals surface area contributed by atoms with Crippen molar-refractivity contribution in [2.45, 2.75) is 40.0 Å². The second-order valence-electron chi connectivity index (χ2n) is 5.35. The van der Waals surface area contributed by atoms with Gasteiger partial charge in [0.2, 0.25) is 0 Å². The van der Waals surface area contributed by atoms with E-state index in [-0.39, 0.29) is 11.8 Å². The standard InChI is InChI=1S/C13H18O4/c1-8-6-13(2,3)7-9(4-11(14)15)10(8)5-12(16)17/h4H,5-7H2,1-3H3,(H,14,15)(H,16,17)/b9-4+. The summed E-state index contributed by atoms with van der Waals surface area (Å²) in [5.41, 5.74) is 2.30. The van der Waals surface area contributed by atoms with E-state index in [4.69, 9.17) is 10.2 Å². The highest BCUT2D eigenvalue weighted by Gasteiger charge is 2.29. The van der Waals surface area contributed by atoms with Gasteiger partial charge in [0, 0.05) is 6.08 Å². The topological polar surface area (TPSA) is 74.6 Å². The van der Waals surface area contributed by atoms with Crippen LogP contribution in [-0.4, -0.2) is 22.2 Å². The summed E-state index contributed by atoms with van der Waals surface area (Å²) in [6.45, 7) is 6.00. The average Bonchev–Trinajstić information content (AvgIpc) is 2.08. The molecule has 1 aliphatic carbocycles. The molecule has 0 heterocycles. The fourth-order valence-electron chi connectivity index (χ4n) is 2.49. The van der Waals surface area contributed by atoms with Gasteiger partial charge in [-0.1, -0.05) is 19.4 Å². The van der Waals surface area contributed by atoms with Crippen LogP contribution in [0.25, 0.3) is 0 Å². The third kappa shape index (κ3) is 3.73. The number of hydrogen-bond donors (Lipinski definition) is 2. The van der Waals surface area contributed by atoms with Crippen LogP contribution in [0.15, 0.2) is 22.8 Å². The van der Waals surface area contributed by atoms with Gasteiger partial charge < -0.3 is 10.2 Å². The van der Waals surface area contributed by atoms with Gasteiger partial charge in [0.15, 0.2) is 0 Å². The highest BCUT2D eigenvalue weighted by atomic mass is 16.4. The monoisotopic (exact) mass is 238 g/mol. The maximum Gasteiger partial charge on any atom is 0.328 e. The lowest BCUT2D eigenvalue weighted by Crippen LogP contribution is -2.21. The number of carbonyl (C=O) groups is 2. The Morgan fingerprint density at radius 3 is 2.35 bits per heavy atom. The van der Waals surface area contributed by atoms with Crippen LogP contribution in [0, 0.1) is 5.41 Å². The summed E-state index contributed by atoms with van der Waals surface area (Å²) >= 11 is 0. The fraction of sp³-hybridized carbons (Fsp3) is 0.538. The third-order valence-electron chi connectivity index (χ3n) is 2.94. The molecule has 0 aliphatic heterocycles. The first-order valence-electron chi connectivity index (χ1n) is 5.55. The van der Waals surface area contributed by atoms with Gasteiger partial charge in [-0.05, 0) is 36.3 Å². The SMILES string of the molecule is CC1=C(CC(=O)O)/C(=C/C(=O)O)CC(C)(C)C1. The second kappa shape index (κ2) is 4.73. The molecule has 0 unspecified atom stereocenters.